The molecule has 0 unspecified atom stereocenters. The molecule has 0 radical (unpaired) electrons. The van der Waals surface area contributed by atoms with E-state index in [0.717, 1.165) is 0 Å². The van der Waals surface area contributed by atoms with E-state index in [9.17, 15) is 9.18 Å². The zero-order valence-electron chi connectivity index (χ0n) is 12.7. The first kappa shape index (κ1) is 15.6. The maximum absolute atomic E-state index is 13.8. The summed E-state index contributed by atoms with van der Waals surface area (Å²) in [4.78, 5) is 12.6. The molecule has 0 bridgehead atoms. The highest BCUT2D eigenvalue weighted by Crippen LogP contribution is 2.31. The number of ether oxygens (including phenoxy) is 1. The third-order valence-electron chi connectivity index (χ3n) is 4.26. The fourth-order valence-electron chi connectivity index (χ4n) is 2.71. The molecule has 122 valence electrons. The van der Waals surface area contributed by atoms with Gasteiger partial charge in [-0.2, -0.15) is 5.10 Å². The minimum atomic E-state index is -0.613. The summed E-state index contributed by atoms with van der Waals surface area (Å²) in [6, 6.07) is 6.32. The number of halogens is 1. The van der Waals surface area contributed by atoms with E-state index in [-0.39, 0.29) is 18.3 Å². The predicted octanol–water partition coefficient (Wildman–Crippen LogP) is 1.71. The predicted molar refractivity (Wildman–Crippen MR) is 83.7 cm³/mol. The van der Waals surface area contributed by atoms with E-state index in [1.807, 2.05) is 0 Å². The van der Waals surface area contributed by atoms with Gasteiger partial charge in [0.25, 0.3) is 0 Å². The van der Waals surface area contributed by atoms with Gasteiger partial charge >= 0.3 is 0 Å². The molecule has 6 nitrogen and oxygen atoms in total. The van der Waals surface area contributed by atoms with Gasteiger partial charge in [0.15, 0.2) is 0 Å². The quantitative estimate of drug-likeness (QED) is 0.899. The van der Waals surface area contributed by atoms with Crippen LogP contribution >= 0.6 is 0 Å². The first-order valence-electron chi connectivity index (χ1n) is 7.53. The second-order valence-corrected chi connectivity index (χ2v) is 5.68. The summed E-state index contributed by atoms with van der Waals surface area (Å²) in [5, 5.41) is 6.93. The molecule has 1 amide bonds. The summed E-state index contributed by atoms with van der Waals surface area (Å²) < 4.78 is 20.5. The Kier molecular flexibility index (Phi) is 4.40. The van der Waals surface area contributed by atoms with Gasteiger partial charge < -0.3 is 15.8 Å². The fraction of sp³-hybridized carbons (Fsp3) is 0.375. The molecule has 1 saturated heterocycles. The molecule has 0 atom stereocenters. The minimum absolute atomic E-state index is 0.142. The molecule has 1 aromatic heterocycles. The van der Waals surface area contributed by atoms with Crippen molar-refractivity contribution in [2.45, 2.75) is 12.8 Å². The van der Waals surface area contributed by atoms with E-state index in [1.165, 1.54) is 16.9 Å². The Bertz CT molecular complexity index is 695. The summed E-state index contributed by atoms with van der Waals surface area (Å²) in [5.74, 6) is -0.521. The van der Waals surface area contributed by atoms with Crippen molar-refractivity contribution >= 4 is 11.6 Å². The molecule has 0 spiro atoms. The van der Waals surface area contributed by atoms with Crippen molar-refractivity contribution < 1.29 is 13.9 Å². The molecule has 2 heterocycles. The Hall–Kier alpha value is -2.25. The van der Waals surface area contributed by atoms with Crippen LogP contribution in [0.4, 0.5) is 10.1 Å². The van der Waals surface area contributed by atoms with Crippen LogP contribution in [0.5, 0.6) is 0 Å². The standard InChI is InChI=1S/C16H19FN4O2/c17-13-3-1-2-4-14(13)21-10-12(9-19-21)20-15(22)16(11-18)5-7-23-8-6-16/h1-4,9-10H,5-8,11,18H2,(H,20,22). The number of benzene rings is 1. The van der Waals surface area contributed by atoms with Gasteiger partial charge in [-0.05, 0) is 25.0 Å². The summed E-state index contributed by atoms with van der Waals surface area (Å²) in [5.41, 5.74) is 6.05. The van der Waals surface area contributed by atoms with Crippen LogP contribution in [0.2, 0.25) is 0 Å². The molecule has 1 aliphatic rings. The van der Waals surface area contributed by atoms with Crippen LogP contribution in [0.1, 0.15) is 12.8 Å². The average molecular weight is 318 g/mol. The van der Waals surface area contributed by atoms with E-state index >= 15 is 0 Å². The largest absolute Gasteiger partial charge is 0.381 e. The normalized spacial score (nSPS) is 17.0. The monoisotopic (exact) mass is 318 g/mol. The molecular formula is C16H19FN4O2. The van der Waals surface area contributed by atoms with Crippen LogP contribution < -0.4 is 11.1 Å². The van der Waals surface area contributed by atoms with Gasteiger partial charge in [-0.15, -0.1) is 0 Å². The van der Waals surface area contributed by atoms with Crippen molar-refractivity contribution in [3.8, 4) is 5.69 Å². The number of nitrogens with two attached hydrogens (primary N) is 1. The van der Waals surface area contributed by atoms with Gasteiger partial charge in [0.1, 0.15) is 11.5 Å². The van der Waals surface area contributed by atoms with Crippen LogP contribution in [0, 0.1) is 11.2 Å². The number of carbonyl (C=O) groups excluding carboxylic acids is 1. The van der Waals surface area contributed by atoms with Gasteiger partial charge in [0.2, 0.25) is 5.91 Å². The smallest absolute Gasteiger partial charge is 0.232 e. The number of nitrogens with one attached hydrogen (secondary N) is 1. The maximum atomic E-state index is 13.8. The summed E-state index contributed by atoms with van der Waals surface area (Å²) in [7, 11) is 0. The minimum Gasteiger partial charge on any atom is -0.381 e. The number of anilines is 1. The van der Waals surface area contributed by atoms with Crippen LogP contribution in [0.25, 0.3) is 5.69 Å². The SMILES string of the molecule is NCC1(C(=O)Nc2cnn(-c3ccccc3F)c2)CCOCC1. The van der Waals surface area contributed by atoms with Crippen molar-refractivity contribution in [2.75, 3.05) is 25.1 Å². The highest BCUT2D eigenvalue weighted by atomic mass is 19.1. The Morgan fingerprint density at radius 2 is 2.13 bits per heavy atom. The van der Waals surface area contributed by atoms with Crippen LogP contribution in [-0.2, 0) is 9.53 Å². The summed E-state index contributed by atoms with van der Waals surface area (Å²) in [6.07, 6.45) is 4.27. The number of hydrogen-bond donors (Lipinski definition) is 2. The lowest BCUT2D eigenvalue weighted by Crippen LogP contribution is -2.46. The highest BCUT2D eigenvalue weighted by Gasteiger charge is 2.38. The average Bonchev–Trinajstić information content (AvgIpc) is 3.04. The molecule has 23 heavy (non-hydrogen) atoms. The first-order chi connectivity index (χ1) is 11.1. The number of para-hydroxylation sites is 1. The van der Waals surface area contributed by atoms with Gasteiger partial charge in [-0.3, -0.25) is 4.79 Å². The van der Waals surface area contributed by atoms with Gasteiger partial charge in [0, 0.05) is 19.8 Å². The second kappa shape index (κ2) is 6.47. The number of carbonyl (C=O) groups is 1. The van der Waals surface area contributed by atoms with Crippen LogP contribution in [0.3, 0.4) is 0 Å². The molecule has 1 aliphatic heterocycles. The Morgan fingerprint density at radius 3 is 2.83 bits per heavy atom. The zero-order chi connectivity index (χ0) is 16.3. The maximum Gasteiger partial charge on any atom is 0.232 e. The zero-order valence-corrected chi connectivity index (χ0v) is 12.7. The second-order valence-electron chi connectivity index (χ2n) is 5.68. The van der Waals surface area contributed by atoms with Crippen LogP contribution in [0.15, 0.2) is 36.7 Å². The molecule has 3 rings (SSSR count). The molecule has 0 aliphatic carbocycles. The van der Waals surface area contributed by atoms with E-state index in [1.54, 1.807) is 24.4 Å². The van der Waals surface area contributed by atoms with Crippen molar-refractivity contribution in [3.63, 3.8) is 0 Å². The third kappa shape index (κ3) is 3.11. The number of nitrogens with zero attached hydrogens (tertiary/aromatic N) is 2. The van der Waals surface area contributed by atoms with Crippen molar-refractivity contribution in [2.24, 2.45) is 11.1 Å². The van der Waals surface area contributed by atoms with Gasteiger partial charge in [-0.1, -0.05) is 12.1 Å². The Balaban J connectivity index is 1.76. The number of hydrogen-bond acceptors (Lipinski definition) is 4. The van der Waals surface area contributed by atoms with E-state index in [0.29, 0.717) is 37.4 Å². The molecule has 0 saturated carbocycles. The molecule has 1 fully saturated rings. The number of amides is 1. The van der Waals surface area contributed by atoms with Gasteiger partial charge in [0.05, 0.1) is 23.5 Å². The lowest BCUT2D eigenvalue weighted by molar-refractivity contribution is -0.130. The van der Waals surface area contributed by atoms with E-state index in [2.05, 4.69) is 10.4 Å². The van der Waals surface area contributed by atoms with Gasteiger partial charge in [-0.25, -0.2) is 9.07 Å². The van der Waals surface area contributed by atoms with Crippen LogP contribution in [-0.4, -0.2) is 35.4 Å². The third-order valence-corrected chi connectivity index (χ3v) is 4.26. The van der Waals surface area contributed by atoms with Crippen molar-refractivity contribution in [3.05, 3.63) is 42.5 Å². The fourth-order valence-corrected chi connectivity index (χ4v) is 2.71. The first-order valence-corrected chi connectivity index (χ1v) is 7.53. The van der Waals surface area contributed by atoms with E-state index < -0.39 is 5.41 Å². The Labute approximate surface area is 133 Å². The molecule has 1 aromatic carbocycles. The summed E-state index contributed by atoms with van der Waals surface area (Å²) >= 11 is 0. The van der Waals surface area contributed by atoms with Crippen molar-refractivity contribution in [1.82, 2.24) is 9.78 Å². The summed E-state index contributed by atoms with van der Waals surface area (Å²) in [6.45, 7) is 1.32. The highest BCUT2D eigenvalue weighted by molar-refractivity contribution is 5.95. The topological polar surface area (TPSA) is 82.2 Å². The van der Waals surface area contributed by atoms with E-state index in [4.69, 9.17) is 10.5 Å². The lowest BCUT2D eigenvalue weighted by atomic mass is 9.79. The lowest BCUT2D eigenvalue weighted by Gasteiger charge is -2.34. The number of rotatable bonds is 4. The molecule has 2 aromatic rings. The Morgan fingerprint density at radius 1 is 1.39 bits per heavy atom. The van der Waals surface area contributed by atoms with Crippen molar-refractivity contribution in [1.29, 1.82) is 0 Å². The molecular weight excluding hydrogens is 299 g/mol. The molecule has 7 heteroatoms. The number of aromatic nitrogens is 2. The molecule has 3 N–H and O–H groups in total.